The maximum atomic E-state index is 6.58. The summed E-state index contributed by atoms with van der Waals surface area (Å²) in [6.45, 7) is 0. The second kappa shape index (κ2) is 9.96. The van der Waals surface area contributed by atoms with Crippen LogP contribution in [0.1, 0.15) is 0 Å². The number of fused-ring (bicyclic) bond motifs is 11. The van der Waals surface area contributed by atoms with E-state index in [2.05, 4.69) is 179 Å². The Balaban J connectivity index is 1.23. The van der Waals surface area contributed by atoms with E-state index in [9.17, 15) is 0 Å². The van der Waals surface area contributed by atoms with Crippen LogP contribution in [0.2, 0.25) is 0 Å². The molecule has 0 aliphatic heterocycles. The lowest BCUT2D eigenvalue weighted by Crippen LogP contribution is -1.98. The zero-order valence-electron chi connectivity index (χ0n) is 26.5. The molecule has 3 aromatic heterocycles. The Kier molecular flexibility index (Phi) is 5.38. The maximum absolute atomic E-state index is 6.58. The van der Waals surface area contributed by atoms with Gasteiger partial charge in [-0.1, -0.05) is 115 Å². The van der Waals surface area contributed by atoms with Gasteiger partial charge in [0.15, 0.2) is 0 Å². The average Bonchev–Trinajstić information content (AvgIpc) is 3.81. The Morgan fingerprint density at radius 2 is 0.837 bits per heavy atom. The number of rotatable bonds is 3. The van der Waals surface area contributed by atoms with E-state index in [-0.39, 0.29) is 0 Å². The SMILES string of the molecule is c1ccc(-c2ccc(-n3c4ccccc4c4ccc5c6ccccc6n(-c6ccc7c(c6)oc6cc8ccccc8cc67)c5c43)cc2)cc1. The van der Waals surface area contributed by atoms with Crippen molar-refractivity contribution in [1.82, 2.24) is 9.13 Å². The van der Waals surface area contributed by atoms with Crippen LogP contribution in [-0.4, -0.2) is 9.13 Å². The molecule has 3 heterocycles. The fraction of sp³-hybridized carbons (Fsp3) is 0. The molecule has 0 atom stereocenters. The summed E-state index contributed by atoms with van der Waals surface area (Å²) in [5.74, 6) is 0. The monoisotopic (exact) mass is 624 g/mol. The van der Waals surface area contributed by atoms with Gasteiger partial charge in [0.05, 0.1) is 27.8 Å². The standard InChI is InChI=1S/C46H28N2O/c1-2-10-29(11-3-1)30-18-20-33(21-19-30)47-41-16-8-6-14-35(41)38-24-25-39-36-15-7-9-17-42(36)48(46(39)45(38)47)34-22-23-37-40-26-31-12-4-5-13-32(31)27-43(40)49-44(37)28-34/h1-28H. The minimum absolute atomic E-state index is 0.887. The van der Waals surface area contributed by atoms with E-state index in [1.165, 1.54) is 65.5 Å². The Labute approximate surface area is 281 Å². The van der Waals surface area contributed by atoms with Gasteiger partial charge in [-0.3, -0.25) is 0 Å². The van der Waals surface area contributed by atoms with Gasteiger partial charge in [-0.2, -0.15) is 0 Å². The number of benzene rings is 8. The van der Waals surface area contributed by atoms with Gasteiger partial charge in [-0.25, -0.2) is 0 Å². The highest BCUT2D eigenvalue weighted by Crippen LogP contribution is 2.42. The lowest BCUT2D eigenvalue weighted by Gasteiger charge is -2.13. The largest absolute Gasteiger partial charge is 0.456 e. The third kappa shape index (κ3) is 3.78. The number of nitrogens with zero attached hydrogens (tertiary/aromatic N) is 2. The first kappa shape index (κ1) is 26.5. The minimum Gasteiger partial charge on any atom is -0.456 e. The van der Waals surface area contributed by atoms with E-state index < -0.39 is 0 Å². The molecule has 0 saturated carbocycles. The number of hydrogen-bond acceptors (Lipinski definition) is 1. The molecule has 3 nitrogen and oxygen atoms in total. The van der Waals surface area contributed by atoms with Gasteiger partial charge < -0.3 is 13.6 Å². The highest BCUT2D eigenvalue weighted by molar-refractivity contribution is 6.24. The number of aromatic nitrogens is 2. The first-order chi connectivity index (χ1) is 24.3. The van der Waals surface area contributed by atoms with Crippen molar-refractivity contribution in [3.8, 4) is 22.5 Å². The molecule has 228 valence electrons. The summed E-state index contributed by atoms with van der Waals surface area (Å²) in [5.41, 5.74) is 11.2. The predicted molar refractivity (Wildman–Crippen MR) is 205 cm³/mol. The van der Waals surface area contributed by atoms with E-state index in [0.717, 1.165) is 33.3 Å². The molecule has 11 aromatic rings. The molecule has 0 radical (unpaired) electrons. The summed E-state index contributed by atoms with van der Waals surface area (Å²) in [6, 6.07) is 61.3. The molecule has 0 aliphatic rings. The first-order valence-electron chi connectivity index (χ1n) is 16.8. The molecule has 11 rings (SSSR count). The molecular weight excluding hydrogens is 597 g/mol. The lowest BCUT2D eigenvalue weighted by atomic mass is 10.1. The van der Waals surface area contributed by atoms with Crippen molar-refractivity contribution in [2.45, 2.75) is 0 Å². The predicted octanol–water partition coefficient (Wildman–Crippen LogP) is 12.6. The molecule has 0 unspecified atom stereocenters. The van der Waals surface area contributed by atoms with Gasteiger partial charge in [0.25, 0.3) is 0 Å². The second-order valence-electron chi connectivity index (χ2n) is 13.0. The Morgan fingerprint density at radius 3 is 1.53 bits per heavy atom. The Morgan fingerprint density at radius 1 is 0.327 bits per heavy atom. The molecule has 0 amide bonds. The number of para-hydroxylation sites is 2. The highest BCUT2D eigenvalue weighted by atomic mass is 16.3. The van der Waals surface area contributed by atoms with Crippen molar-refractivity contribution in [3.63, 3.8) is 0 Å². The van der Waals surface area contributed by atoms with Crippen LogP contribution in [0.4, 0.5) is 0 Å². The topological polar surface area (TPSA) is 23.0 Å². The number of hydrogen-bond donors (Lipinski definition) is 0. The molecule has 3 heteroatoms. The summed E-state index contributed by atoms with van der Waals surface area (Å²) in [4.78, 5) is 0. The molecule has 8 aromatic carbocycles. The Hall–Kier alpha value is -6.58. The maximum Gasteiger partial charge on any atom is 0.137 e. The lowest BCUT2D eigenvalue weighted by molar-refractivity contribution is 0.669. The van der Waals surface area contributed by atoms with Crippen molar-refractivity contribution in [3.05, 3.63) is 170 Å². The van der Waals surface area contributed by atoms with Gasteiger partial charge in [0, 0.05) is 44.1 Å². The molecule has 49 heavy (non-hydrogen) atoms. The molecular formula is C46H28N2O. The van der Waals surface area contributed by atoms with Crippen molar-refractivity contribution in [2.24, 2.45) is 0 Å². The van der Waals surface area contributed by atoms with Crippen LogP contribution < -0.4 is 0 Å². The minimum atomic E-state index is 0.887. The van der Waals surface area contributed by atoms with E-state index in [1.54, 1.807) is 0 Å². The summed E-state index contributed by atoms with van der Waals surface area (Å²) < 4.78 is 11.5. The van der Waals surface area contributed by atoms with Crippen LogP contribution in [0.5, 0.6) is 0 Å². The molecule has 0 N–H and O–H groups in total. The van der Waals surface area contributed by atoms with Crippen molar-refractivity contribution in [2.75, 3.05) is 0 Å². The van der Waals surface area contributed by atoms with Gasteiger partial charge >= 0.3 is 0 Å². The fourth-order valence-corrected chi connectivity index (χ4v) is 8.06. The average molecular weight is 625 g/mol. The summed E-state index contributed by atoms with van der Waals surface area (Å²) >= 11 is 0. The van der Waals surface area contributed by atoms with Gasteiger partial charge in [-0.15, -0.1) is 0 Å². The third-order valence-electron chi connectivity index (χ3n) is 10.3. The van der Waals surface area contributed by atoms with Gasteiger partial charge in [-0.05, 0) is 70.4 Å². The normalized spacial score (nSPS) is 12.1. The van der Waals surface area contributed by atoms with Crippen LogP contribution in [0.25, 0.3) is 98.8 Å². The van der Waals surface area contributed by atoms with Crippen LogP contribution in [-0.2, 0) is 0 Å². The van der Waals surface area contributed by atoms with Crippen LogP contribution >= 0.6 is 0 Å². The Bertz CT molecular complexity index is 3090. The molecule has 0 bridgehead atoms. The summed E-state index contributed by atoms with van der Waals surface area (Å²) in [5, 5.41) is 9.60. The molecule has 0 saturated heterocycles. The molecule has 0 spiro atoms. The summed E-state index contributed by atoms with van der Waals surface area (Å²) in [6.07, 6.45) is 0. The zero-order valence-corrected chi connectivity index (χ0v) is 26.5. The second-order valence-corrected chi connectivity index (χ2v) is 13.0. The van der Waals surface area contributed by atoms with Crippen LogP contribution in [0, 0.1) is 0 Å². The van der Waals surface area contributed by atoms with E-state index in [0.29, 0.717) is 0 Å². The van der Waals surface area contributed by atoms with Gasteiger partial charge in [0.2, 0.25) is 0 Å². The van der Waals surface area contributed by atoms with E-state index in [1.807, 2.05) is 0 Å². The zero-order chi connectivity index (χ0) is 32.1. The highest BCUT2D eigenvalue weighted by Gasteiger charge is 2.21. The van der Waals surface area contributed by atoms with Crippen molar-refractivity contribution >= 4 is 76.3 Å². The van der Waals surface area contributed by atoms with Crippen molar-refractivity contribution in [1.29, 1.82) is 0 Å². The number of furan rings is 1. The van der Waals surface area contributed by atoms with E-state index >= 15 is 0 Å². The van der Waals surface area contributed by atoms with Crippen LogP contribution in [0.15, 0.2) is 174 Å². The van der Waals surface area contributed by atoms with Crippen molar-refractivity contribution < 1.29 is 4.42 Å². The summed E-state index contributed by atoms with van der Waals surface area (Å²) in [7, 11) is 0. The first-order valence-corrected chi connectivity index (χ1v) is 16.8. The molecule has 0 fully saturated rings. The molecule has 0 aliphatic carbocycles. The van der Waals surface area contributed by atoms with Gasteiger partial charge in [0.1, 0.15) is 11.2 Å². The van der Waals surface area contributed by atoms with E-state index in [4.69, 9.17) is 4.42 Å². The fourth-order valence-electron chi connectivity index (χ4n) is 8.06. The third-order valence-corrected chi connectivity index (χ3v) is 10.3. The quantitative estimate of drug-likeness (QED) is 0.192. The smallest absolute Gasteiger partial charge is 0.137 e. The van der Waals surface area contributed by atoms with Crippen LogP contribution in [0.3, 0.4) is 0 Å².